The highest BCUT2D eigenvalue weighted by atomic mass is 16.5. The molecular formula is C12H16O2. The molecule has 0 aromatic carbocycles. The Bertz CT molecular complexity index is 314. The van der Waals surface area contributed by atoms with E-state index >= 15 is 0 Å². The number of carbonyl (C=O) groups is 1. The Morgan fingerprint density at radius 1 is 1.50 bits per heavy atom. The van der Waals surface area contributed by atoms with Crippen LogP contribution in [0.25, 0.3) is 0 Å². The van der Waals surface area contributed by atoms with Gasteiger partial charge < -0.3 is 4.74 Å². The number of allylic oxidation sites excluding steroid dienone is 1. The highest BCUT2D eigenvalue weighted by Gasteiger charge is 2.39. The van der Waals surface area contributed by atoms with Crippen molar-refractivity contribution in [3.8, 4) is 0 Å². The van der Waals surface area contributed by atoms with Gasteiger partial charge in [0.15, 0.2) is 5.78 Å². The van der Waals surface area contributed by atoms with Crippen LogP contribution in [0.2, 0.25) is 0 Å². The van der Waals surface area contributed by atoms with Gasteiger partial charge in [0.25, 0.3) is 0 Å². The zero-order valence-electron chi connectivity index (χ0n) is 8.64. The van der Waals surface area contributed by atoms with Crippen molar-refractivity contribution >= 4 is 5.78 Å². The van der Waals surface area contributed by atoms with Crippen molar-refractivity contribution in [2.24, 2.45) is 5.41 Å². The van der Waals surface area contributed by atoms with Crippen molar-refractivity contribution in [2.75, 3.05) is 13.2 Å². The van der Waals surface area contributed by atoms with E-state index in [9.17, 15) is 4.79 Å². The first-order chi connectivity index (χ1) is 6.69. The van der Waals surface area contributed by atoms with Gasteiger partial charge in [0, 0.05) is 11.8 Å². The maximum absolute atomic E-state index is 11.6. The fourth-order valence-corrected chi connectivity index (χ4v) is 2.53. The summed E-state index contributed by atoms with van der Waals surface area (Å²) in [5.41, 5.74) is 2.20. The third-order valence-corrected chi connectivity index (χ3v) is 3.52. The number of rotatable bonds is 1. The van der Waals surface area contributed by atoms with E-state index in [0.29, 0.717) is 18.8 Å². The summed E-state index contributed by atoms with van der Waals surface area (Å²) >= 11 is 0. The third-order valence-electron chi connectivity index (χ3n) is 3.52. The highest BCUT2D eigenvalue weighted by molar-refractivity contribution is 5.97. The molecule has 0 amide bonds. The molecule has 0 aromatic heterocycles. The molecule has 2 heteroatoms. The molecule has 0 radical (unpaired) electrons. The minimum Gasteiger partial charge on any atom is -0.380 e. The summed E-state index contributed by atoms with van der Waals surface area (Å²) in [4.78, 5) is 11.6. The summed E-state index contributed by atoms with van der Waals surface area (Å²) in [5, 5.41) is 0. The minimum atomic E-state index is -0.0315. The number of carbonyl (C=O) groups excluding carboxylic acids is 1. The molecular weight excluding hydrogens is 176 g/mol. The van der Waals surface area contributed by atoms with E-state index in [-0.39, 0.29) is 5.41 Å². The Labute approximate surface area is 84.6 Å². The summed E-state index contributed by atoms with van der Waals surface area (Å²) in [7, 11) is 0. The first-order valence-corrected chi connectivity index (χ1v) is 5.14. The zero-order valence-corrected chi connectivity index (χ0v) is 8.64. The molecule has 76 valence electrons. The number of fused-ring (bicyclic) bond motifs is 1. The van der Waals surface area contributed by atoms with Crippen LogP contribution in [-0.4, -0.2) is 19.0 Å². The smallest absolute Gasteiger partial charge is 0.158 e. The van der Waals surface area contributed by atoms with Gasteiger partial charge in [-0.05, 0) is 30.9 Å². The van der Waals surface area contributed by atoms with Crippen LogP contribution in [0.5, 0.6) is 0 Å². The van der Waals surface area contributed by atoms with E-state index in [1.165, 1.54) is 5.57 Å². The second kappa shape index (κ2) is 3.35. The number of ketones is 1. The lowest BCUT2D eigenvalue weighted by Crippen LogP contribution is -2.37. The number of hydrogen-bond acceptors (Lipinski definition) is 2. The van der Waals surface area contributed by atoms with Crippen molar-refractivity contribution in [3.63, 3.8) is 0 Å². The average Bonchev–Trinajstić information content (AvgIpc) is 2.24. The second-order valence-corrected chi connectivity index (χ2v) is 4.19. The van der Waals surface area contributed by atoms with E-state index in [0.717, 1.165) is 25.0 Å². The Hall–Kier alpha value is -0.890. The lowest BCUT2D eigenvalue weighted by molar-refractivity contribution is -0.117. The first kappa shape index (κ1) is 9.66. The van der Waals surface area contributed by atoms with Crippen molar-refractivity contribution in [1.82, 2.24) is 0 Å². The molecule has 0 N–H and O–H groups in total. The molecule has 0 saturated carbocycles. The van der Waals surface area contributed by atoms with Crippen molar-refractivity contribution in [1.29, 1.82) is 0 Å². The Kier molecular flexibility index (Phi) is 2.31. The van der Waals surface area contributed by atoms with Gasteiger partial charge in [0.1, 0.15) is 0 Å². The number of Topliss-reactive ketones (excluding diaryl/α,β-unsaturated/α-hetero) is 1. The van der Waals surface area contributed by atoms with Gasteiger partial charge in [-0.3, -0.25) is 4.79 Å². The van der Waals surface area contributed by atoms with Crippen LogP contribution in [0.15, 0.2) is 23.8 Å². The molecule has 1 fully saturated rings. The largest absolute Gasteiger partial charge is 0.380 e. The maximum Gasteiger partial charge on any atom is 0.158 e. The normalized spacial score (nSPS) is 32.8. The Morgan fingerprint density at radius 3 is 3.00 bits per heavy atom. The fourth-order valence-electron chi connectivity index (χ4n) is 2.53. The van der Waals surface area contributed by atoms with E-state index in [2.05, 4.69) is 6.58 Å². The second-order valence-electron chi connectivity index (χ2n) is 4.19. The van der Waals surface area contributed by atoms with Gasteiger partial charge in [0.2, 0.25) is 0 Å². The molecule has 1 aliphatic heterocycles. The molecule has 2 rings (SSSR count). The van der Waals surface area contributed by atoms with E-state index in [1.54, 1.807) is 0 Å². The summed E-state index contributed by atoms with van der Waals surface area (Å²) < 4.78 is 5.50. The molecule has 14 heavy (non-hydrogen) atoms. The summed E-state index contributed by atoms with van der Waals surface area (Å²) in [6, 6.07) is 0. The molecule has 1 saturated heterocycles. The quantitative estimate of drug-likeness (QED) is 0.596. The van der Waals surface area contributed by atoms with E-state index < -0.39 is 0 Å². The van der Waals surface area contributed by atoms with Crippen LogP contribution in [0.3, 0.4) is 0 Å². The van der Waals surface area contributed by atoms with Crippen LogP contribution in [0.4, 0.5) is 0 Å². The molecule has 0 spiro atoms. The molecule has 2 aliphatic rings. The van der Waals surface area contributed by atoms with Crippen LogP contribution in [-0.2, 0) is 9.53 Å². The van der Waals surface area contributed by atoms with Gasteiger partial charge in [-0.2, -0.15) is 0 Å². The van der Waals surface area contributed by atoms with Gasteiger partial charge in [-0.15, -0.1) is 6.58 Å². The third kappa shape index (κ3) is 1.25. The van der Waals surface area contributed by atoms with Gasteiger partial charge in [-0.25, -0.2) is 0 Å². The SMILES string of the molecule is C=CC12CCC(=O)C(C)=C1CCOC2. The van der Waals surface area contributed by atoms with Crippen LogP contribution < -0.4 is 0 Å². The van der Waals surface area contributed by atoms with E-state index in [4.69, 9.17) is 4.74 Å². The fraction of sp³-hybridized carbons (Fsp3) is 0.583. The predicted molar refractivity (Wildman–Crippen MR) is 55.0 cm³/mol. The molecule has 1 aliphatic carbocycles. The maximum atomic E-state index is 11.6. The van der Waals surface area contributed by atoms with E-state index in [1.807, 2.05) is 13.0 Å². The number of hydrogen-bond donors (Lipinski definition) is 0. The molecule has 1 atom stereocenters. The minimum absolute atomic E-state index is 0.0315. The van der Waals surface area contributed by atoms with Crippen molar-refractivity contribution < 1.29 is 9.53 Å². The molecule has 2 nitrogen and oxygen atoms in total. The Morgan fingerprint density at radius 2 is 2.29 bits per heavy atom. The molecule has 0 bridgehead atoms. The first-order valence-electron chi connectivity index (χ1n) is 5.14. The average molecular weight is 192 g/mol. The van der Waals surface area contributed by atoms with Crippen LogP contribution in [0, 0.1) is 5.41 Å². The monoisotopic (exact) mass is 192 g/mol. The van der Waals surface area contributed by atoms with Crippen LogP contribution >= 0.6 is 0 Å². The molecule has 1 heterocycles. The van der Waals surface area contributed by atoms with Gasteiger partial charge in [0.05, 0.1) is 13.2 Å². The molecule has 1 unspecified atom stereocenters. The van der Waals surface area contributed by atoms with Gasteiger partial charge >= 0.3 is 0 Å². The summed E-state index contributed by atoms with van der Waals surface area (Å²) in [6.45, 7) is 7.29. The standard InChI is InChI=1S/C12H16O2/c1-3-12-6-4-11(13)9(2)10(12)5-7-14-8-12/h3H,1,4-8H2,2H3. The van der Waals surface area contributed by atoms with Gasteiger partial charge in [-0.1, -0.05) is 6.08 Å². The zero-order chi connectivity index (χ0) is 10.2. The highest BCUT2D eigenvalue weighted by Crippen LogP contribution is 2.44. The number of ether oxygens (including phenoxy) is 1. The topological polar surface area (TPSA) is 26.3 Å². The van der Waals surface area contributed by atoms with Crippen molar-refractivity contribution in [3.05, 3.63) is 23.8 Å². The Balaban J connectivity index is 2.46. The summed E-state index contributed by atoms with van der Waals surface area (Å²) in [5.74, 6) is 0.305. The van der Waals surface area contributed by atoms with Crippen molar-refractivity contribution in [2.45, 2.75) is 26.2 Å². The molecule has 0 aromatic rings. The lowest BCUT2D eigenvalue weighted by Gasteiger charge is -2.40. The summed E-state index contributed by atoms with van der Waals surface area (Å²) in [6.07, 6.45) is 4.38. The predicted octanol–water partition coefficient (Wildman–Crippen LogP) is 2.26. The van der Waals surface area contributed by atoms with Crippen LogP contribution in [0.1, 0.15) is 26.2 Å². The lowest BCUT2D eigenvalue weighted by atomic mass is 9.68.